The van der Waals surface area contributed by atoms with Crippen LogP contribution in [0.15, 0.2) is 36.7 Å². The Balaban J connectivity index is 2.03. The number of rotatable bonds is 5. The van der Waals surface area contributed by atoms with E-state index in [1.807, 2.05) is 31.6 Å². The largest absolute Gasteiger partial charge is 0.380 e. The van der Waals surface area contributed by atoms with Crippen LogP contribution in [0.2, 0.25) is 0 Å². The second kappa shape index (κ2) is 5.50. The molecule has 0 spiro atoms. The number of aromatic nitrogens is 2. The second-order valence-corrected chi connectivity index (χ2v) is 3.96. The van der Waals surface area contributed by atoms with Gasteiger partial charge < -0.3 is 10.1 Å². The Bertz CT molecular complexity index is 479. The van der Waals surface area contributed by atoms with E-state index in [1.165, 1.54) is 11.1 Å². The van der Waals surface area contributed by atoms with E-state index in [2.05, 4.69) is 22.5 Å². The van der Waals surface area contributed by atoms with Gasteiger partial charge in [0.25, 0.3) is 0 Å². The summed E-state index contributed by atoms with van der Waals surface area (Å²) in [5.41, 5.74) is 3.49. The fourth-order valence-electron chi connectivity index (χ4n) is 1.74. The Morgan fingerprint density at radius 1 is 1.29 bits per heavy atom. The summed E-state index contributed by atoms with van der Waals surface area (Å²) in [4.78, 5) is 0. The van der Waals surface area contributed by atoms with E-state index in [9.17, 15) is 0 Å². The lowest BCUT2D eigenvalue weighted by atomic mass is 10.1. The summed E-state index contributed by atoms with van der Waals surface area (Å²) in [5, 5.41) is 7.46. The van der Waals surface area contributed by atoms with Gasteiger partial charge in [0.2, 0.25) is 0 Å². The quantitative estimate of drug-likeness (QED) is 0.857. The van der Waals surface area contributed by atoms with Gasteiger partial charge in [-0.1, -0.05) is 24.3 Å². The smallest absolute Gasteiger partial charge is 0.0729 e. The van der Waals surface area contributed by atoms with E-state index < -0.39 is 0 Å². The van der Waals surface area contributed by atoms with Crippen LogP contribution in [0.25, 0.3) is 0 Å². The Morgan fingerprint density at radius 3 is 2.71 bits per heavy atom. The Morgan fingerprint density at radius 2 is 2.06 bits per heavy atom. The molecule has 1 aromatic heterocycles. The third-order valence-electron chi connectivity index (χ3n) is 2.61. The number of hydrogen-bond donors (Lipinski definition) is 1. The fraction of sp³-hybridized carbons (Fsp3) is 0.308. The van der Waals surface area contributed by atoms with Gasteiger partial charge in [0.05, 0.1) is 18.5 Å². The van der Waals surface area contributed by atoms with Crippen molar-refractivity contribution >= 4 is 5.69 Å². The highest BCUT2D eigenvalue weighted by Crippen LogP contribution is 2.12. The molecule has 0 aliphatic rings. The summed E-state index contributed by atoms with van der Waals surface area (Å²) >= 11 is 0. The summed E-state index contributed by atoms with van der Waals surface area (Å²) in [5.74, 6) is 0. The SMILES string of the molecule is COCc1ccccc1CNc1cnn(C)c1. The Labute approximate surface area is 101 Å². The van der Waals surface area contributed by atoms with Crippen molar-refractivity contribution in [2.24, 2.45) is 7.05 Å². The highest BCUT2D eigenvalue weighted by Gasteiger charge is 2.01. The number of anilines is 1. The van der Waals surface area contributed by atoms with Crippen LogP contribution in [0.5, 0.6) is 0 Å². The maximum absolute atomic E-state index is 5.18. The molecular formula is C13H17N3O. The van der Waals surface area contributed by atoms with Crippen LogP contribution in [0, 0.1) is 0 Å². The van der Waals surface area contributed by atoms with Crippen molar-refractivity contribution in [3.05, 3.63) is 47.8 Å². The lowest BCUT2D eigenvalue weighted by Gasteiger charge is -2.09. The number of hydrogen-bond acceptors (Lipinski definition) is 3. The van der Waals surface area contributed by atoms with Crippen molar-refractivity contribution in [1.29, 1.82) is 0 Å². The van der Waals surface area contributed by atoms with Crippen LogP contribution < -0.4 is 5.32 Å². The van der Waals surface area contributed by atoms with E-state index >= 15 is 0 Å². The summed E-state index contributed by atoms with van der Waals surface area (Å²) in [6.07, 6.45) is 3.78. The van der Waals surface area contributed by atoms with E-state index in [4.69, 9.17) is 4.74 Å². The van der Waals surface area contributed by atoms with Crippen molar-refractivity contribution in [3.8, 4) is 0 Å². The van der Waals surface area contributed by atoms with Crippen molar-refractivity contribution in [2.75, 3.05) is 12.4 Å². The summed E-state index contributed by atoms with van der Waals surface area (Å²) in [6, 6.07) is 8.27. The highest BCUT2D eigenvalue weighted by molar-refractivity contribution is 5.40. The molecule has 0 atom stereocenters. The molecule has 0 amide bonds. The summed E-state index contributed by atoms with van der Waals surface area (Å²) in [7, 11) is 3.62. The molecule has 1 heterocycles. The van der Waals surface area contributed by atoms with Gasteiger partial charge in [0.15, 0.2) is 0 Å². The van der Waals surface area contributed by atoms with Gasteiger partial charge in [-0.3, -0.25) is 4.68 Å². The third kappa shape index (κ3) is 3.07. The number of nitrogens with one attached hydrogen (secondary N) is 1. The minimum absolute atomic E-state index is 0.644. The van der Waals surface area contributed by atoms with Crippen molar-refractivity contribution in [1.82, 2.24) is 9.78 Å². The average molecular weight is 231 g/mol. The van der Waals surface area contributed by atoms with Crippen molar-refractivity contribution in [2.45, 2.75) is 13.2 Å². The molecule has 4 nitrogen and oxygen atoms in total. The molecule has 0 aliphatic carbocycles. The first kappa shape index (κ1) is 11.7. The first-order valence-electron chi connectivity index (χ1n) is 5.58. The molecule has 2 aromatic rings. The topological polar surface area (TPSA) is 39.1 Å². The predicted octanol–water partition coefficient (Wildman–Crippen LogP) is 2.18. The van der Waals surface area contributed by atoms with Gasteiger partial charge in [0.1, 0.15) is 0 Å². The maximum Gasteiger partial charge on any atom is 0.0729 e. The predicted molar refractivity (Wildman–Crippen MR) is 67.7 cm³/mol. The van der Waals surface area contributed by atoms with E-state index in [1.54, 1.807) is 11.8 Å². The molecule has 0 radical (unpaired) electrons. The third-order valence-corrected chi connectivity index (χ3v) is 2.61. The fourth-order valence-corrected chi connectivity index (χ4v) is 1.74. The average Bonchev–Trinajstić information content (AvgIpc) is 2.74. The van der Waals surface area contributed by atoms with E-state index in [0.29, 0.717) is 6.61 Å². The minimum atomic E-state index is 0.644. The molecule has 1 N–H and O–H groups in total. The molecule has 17 heavy (non-hydrogen) atoms. The second-order valence-electron chi connectivity index (χ2n) is 3.96. The zero-order valence-corrected chi connectivity index (χ0v) is 10.2. The van der Waals surface area contributed by atoms with E-state index in [0.717, 1.165) is 12.2 Å². The van der Waals surface area contributed by atoms with Crippen molar-refractivity contribution in [3.63, 3.8) is 0 Å². The summed E-state index contributed by atoms with van der Waals surface area (Å²) < 4.78 is 6.96. The van der Waals surface area contributed by atoms with Crippen LogP contribution in [0.4, 0.5) is 5.69 Å². The number of methoxy groups -OCH3 is 1. The molecule has 0 unspecified atom stereocenters. The van der Waals surface area contributed by atoms with Crippen molar-refractivity contribution < 1.29 is 4.74 Å². The van der Waals surface area contributed by atoms with Gasteiger partial charge in [-0.15, -0.1) is 0 Å². The number of nitrogens with zero attached hydrogens (tertiary/aromatic N) is 2. The molecule has 0 saturated heterocycles. The van der Waals surface area contributed by atoms with Gasteiger partial charge >= 0.3 is 0 Å². The number of benzene rings is 1. The van der Waals surface area contributed by atoms with Gasteiger partial charge in [-0.05, 0) is 11.1 Å². The van der Waals surface area contributed by atoms with Crippen LogP contribution in [0.1, 0.15) is 11.1 Å². The molecule has 2 rings (SSSR count). The zero-order chi connectivity index (χ0) is 12.1. The first-order chi connectivity index (χ1) is 8.29. The monoisotopic (exact) mass is 231 g/mol. The van der Waals surface area contributed by atoms with Crippen LogP contribution in [0.3, 0.4) is 0 Å². The molecule has 0 bridgehead atoms. The van der Waals surface area contributed by atoms with Crippen LogP contribution >= 0.6 is 0 Å². The van der Waals surface area contributed by atoms with Gasteiger partial charge in [-0.2, -0.15) is 5.10 Å². The molecule has 90 valence electrons. The molecule has 0 saturated carbocycles. The number of aryl methyl sites for hydroxylation is 1. The Hall–Kier alpha value is -1.81. The standard InChI is InChI=1S/C13H17N3O/c1-16-9-13(8-15-16)14-7-11-5-3-4-6-12(11)10-17-2/h3-6,8-9,14H,7,10H2,1-2H3. The molecular weight excluding hydrogens is 214 g/mol. The zero-order valence-electron chi connectivity index (χ0n) is 10.2. The lowest BCUT2D eigenvalue weighted by Crippen LogP contribution is -2.03. The van der Waals surface area contributed by atoms with Crippen LogP contribution in [-0.2, 0) is 24.9 Å². The lowest BCUT2D eigenvalue weighted by molar-refractivity contribution is 0.184. The summed E-state index contributed by atoms with van der Waals surface area (Å²) in [6.45, 7) is 1.43. The van der Waals surface area contributed by atoms with Gasteiger partial charge in [-0.25, -0.2) is 0 Å². The normalized spacial score (nSPS) is 10.5. The molecule has 4 heteroatoms. The maximum atomic E-state index is 5.18. The molecule has 0 aliphatic heterocycles. The van der Waals surface area contributed by atoms with Crippen LogP contribution in [-0.4, -0.2) is 16.9 Å². The highest BCUT2D eigenvalue weighted by atomic mass is 16.5. The molecule has 1 aromatic carbocycles. The number of ether oxygens (including phenoxy) is 1. The minimum Gasteiger partial charge on any atom is -0.380 e. The first-order valence-corrected chi connectivity index (χ1v) is 5.58. The Kier molecular flexibility index (Phi) is 3.77. The van der Waals surface area contributed by atoms with Gasteiger partial charge in [0, 0.05) is 26.9 Å². The molecule has 0 fully saturated rings. The van der Waals surface area contributed by atoms with E-state index in [-0.39, 0.29) is 0 Å².